The number of anilines is 3. The number of nitrogens with zero attached hydrogens (tertiary/aromatic N) is 1. The number of fused-ring (bicyclic) bond motifs is 5. The minimum Gasteiger partial charge on any atom is -0.354 e. The topological polar surface area (TPSA) is 19.0 Å². The average molecular weight is 705 g/mol. The second kappa shape index (κ2) is 12.5. The van der Waals surface area contributed by atoms with E-state index in [9.17, 15) is 0 Å². The summed E-state index contributed by atoms with van der Waals surface area (Å²) in [5, 5.41) is 8.60. The fourth-order valence-corrected chi connectivity index (χ4v) is 8.65. The van der Waals surface area contributed by atoms with Crippen LogP contribution in [0.1, 0.15) is 52.7 Å². The SMILES string of the molecule is CC(C)(C)c1ccc(N(c2cc(-c3ccccc3)cc(-c3cccc4c3[nH]c3cc5ccccc5cc34)c2)c2csc3ccc(C(C)(C)C)cc23)cc1. The Morgan fingerprint density at radius 3 is 1.91 bits per heavy atom. The van der Waals surface area contributed by atoms with Gasteiger partial charge in [-0.15, -0.1) is 11.3 Å². The van der Waals surface area contributed by atoms with Crippen LogP contribution in [0.25, 0.3) is 64.9 Å². The average Bonchev–Trinajstić information content (AvgIpc) is 3.74. The van der Waals surface area contributed by atoms with E-state index in [-0.39, 0.29) is 10.8 Å². The van der Waals surface area contributed by atoms with Crippen molar-refractivity contribution in [3.05, 3.63) is 162 Å². The van der Waals surface area contributed by atoms with Gasteiger partial charge in [0.2, 0.25) is 0 Å². The van der Waals surface area contributed by atoms with Gasteiger partial charge in [0.15, 0.2) is 0 Å². The number of benzene rings is 7. The van der Waals surface area contributed by atoms with Crippen molar-refractivity contribution in [2.45, 2.75) is 52.4 Å². The predicted molar refractivity (Wildman–Crippen MR) is 232 cm³/mol. The molecule has 2 nitrogen and oxygen atoms in total. The summed E-state index contributed by atoms with van der Waals surface area (Å²) in [6.45, 7) is 13.7. The van der Waals surface area contributed by atoms with Crippen LogP contribution >= 0.6 is 11.3 Å². The standard InChI is InChI=1S/C50H44N2S/c1-49(2,3)37-19-22-39(23-20-37)52(46-31-53-47-24-21-38(30-44(46)47)50(4,5)6)40-26-35(32-13-8-7-9-14-32)25-36(27-40)41-17-12-18-42-43-28-33-15-10-11-16-34(33)29-45(43)51-48(41)42/h7-31,51H,1-6H3. The highest BCUT2D eigenvalue weighted by atomic mass is 32.1. The van der Waals surface area contributed by atoms with Crippen molar-refractivity contribution in [2.24, 2.45) is 0 Å². The molecule has 2 heterocycles. The van der Waals surface area contributed by atoms with Gasteiger partial charge in [-0.2, -0.15) is 0 Å². The van der Waals surface area contributed by atoms with Gasteiger partial charge in [0.25, 0.3) is 0 Å². The quantitative estimate of drug-likeness (QED) is 0.189. The van der Waals surface area contributed by atoms with E-state index in [0.717, 1.165) is 22.4 Å². The van der Waals surface area contributed by atoms with E-state index in [1.807, 2.05) is 11.3 Å². The highest BCUT2D eigenvalue weighted by Gasteiger charge is 2.23. The van der Waals surface area contributed by atoms with Gasteiger partial charge in [0, 0.05) is 48.7 Å². The molecule has 7 aromatic carbocycles. The second-order valence-corrected chi connectivity index (χ2v) is 17.4. The molecule has 0 saturated heterocycles. The van der Waals surface area contributed by atoms with Crippen molar-refractivity contribution < 1.29 is 0 Å². The molecule has 1 N–H and O–H groups in total. The number of hydrogen-bond donors (Lipinski definition) is 1. The lowest BCUT2D eigenvalue weighted by atomic mass is 9.86. The molecule has 0 aliphatic heterocycles. The van der Waals surface area contributed by atoms with Crippen LogP contribution in [0.5, 0.6) is 0 Å². The molecule has 9 aromatic rings. The number of aromatic nitrogens is 1. The first-order valence-electron chi connectivity index (χ1n) is 18.6. The molecular weight excluding hydrogens is 661 g/mol. The third-order valence-electron chi connectivity index (χ3n) is 10.7. The van der Waals surface area contributed by atoms with E-state index in [4.69, 9.17) is 0 Å². The molecule has 53 heavy (non-hydrogen) atoms. The van der Waals surface area contributed by atoms with E-state index in [1.165, 1.54) is 70.7 Å². The van der Waals surface area contributed by atoms with Crippen molar-refractivity contribution in [3.8, 4) is 22.3 Å². The van der Waals surface area contributed by atoms with Gasteiger partial charge >= 0.3 is 0 Å². The van der Waals surface area contributed by atoms with Gasteiger partial charge in [-0.25, -0.2) is 0 Å². The van der Waals surface area contributed by atoms with Crippen LogP contribution in [0, 0.1) is 0 Å². The summed E-state index contributed by atoms with van der Waals surface area (Å²) in [6.07, 6.45) is 0. The van der Waals surface area contributed by atoms with Crippen LogP contribution in [0.3, 0.4) is 0 Å². The van der Waals surface area contributed by atoms with E-state index in [2.05, 4.69) is 202 Å². The van der Waals surface area contributed by atoms with Gasteiger partial charge < -0.3 is 9.88 Å². The Kier molecular flexibility index (Phi) is 7.83. The third-order valence-corrected chi connectivity index (χ3v) is 11.7. The highest BCUT2D eigenvalue weighted by molar-refractivity contribution is 7.17. The molecule has 0 fully saturated rings. The molecular formula is C50H44N2S. The summed E-state index contributed by atoms with van der Waals surface area (Å²) in [6, 6.07) is 54.1. The van der Waals surface area contributed by atoms with Gasteiger partial charge in [-0.3, -0.25) is 0 Å². The van der Waals surface area contributed by atoms with Crippen molar-refractivity contribution >= 4 is 71.1 Å². The maximum atomic E-state index is 3.86. The third kappa shape index (κ3) is 5.99. The van der Waals surface area contributed by atoms with Gasteiger partial charge in [-0.1, -0.05) is 133 Å². The molecule has 0 radical (unpaired) electrons. The second-order valence-electron chi connectivity index (χ2n) is 16.4. The van der Waals surface area contributed by atoms with Crippen LogP contribution in [0.2, 0.25) is 0 Å². The zero-order valence-corrected chi connectivity index (χ0v) is 32.1. The van der Waals surface area contributed by atoms with Crippen LogP contribution in [-0.2, 0) is 10.8 Å². The van der Waals surface area contributed by atoms with E-state index < -0.39 is 0 Å². The Labute approximate surface area is 316 Å². The van der Waals surface area contributed by atoms with E-state index >= 15 is 0 Å². The van der Waals surface area contributed by atoms with Crippen LogP contribution in [-0.4, -0.2) is 4.98 Å². The zero-order chi connectivity index (χ0) is 36.5. The lowest BCUT2D eigenvalue weighted by Crippen LogP contribution is -2.13. The number of para-hydroxylation sites is 1. The lowest BCUT2D eigenvalue weighted by Gasteiger charge is -2.28. The monoisotopic (exact) mass is 704 g/mol. The maximum absolute atomic E-state index is 3.86. The van der Waals surface area contributed by atoms with Gasteiger partial charge in [0.05, 0.1) is 11.2 Å². The molecule has 0 unspecified atom stereocenters. The first kappa shape index (κ1) is 33.2. The first-order chi connectivity index (χ1) is 25.5. The smallest absolute Gasteiger partial charge is 0.0647 e. The van der Waals surface area contributed by atoms with Crippen molar-refractivity contribution in [1.29, 1.82) is 0 Å². The van der Waals surface area contributed by atoms with Crippen molar-refractivity contribution in [2.75, 3.05) is 4.90 Å². The van der Waals surface area contributed by atoms with Crippen LogP contribution in [0.4, 0.5) is 17.1 Å². The molecule has 0 aliphatic rings. The molecule has 0 spiro atoms. The van der Waals surface area contributed by atoms with E-state index in [0.29, 0.717) is 0 Å². The van der Waals surface area contributed by atoms with Crippen LogP contribution < -0.4 is 4.90 Å². The normalized spacial score (nSPS) is 12.3. The minimum absolute atomic E-state index is 0.0388. The molecule has 0 aliphatic carbocycles. The van der Waals surface area contributed by atoms with Gasteiger partial charge in [-0.05, 0) is 104 Å². The Morgan fingerprint density at radius 1 is 0.491 bits per heavy atom. The molecule has 0 amide bonds. The Hall–Kier alpha value is -5.64. The molecule has 3 heteroatoms. The summed E-state index contributed by atoms with van der Waals surface area (Å²) in [7, 11) is 0. The summed E-state index contributed by atoms with van der Waals surface area (Å²) >= 11 is 1.82. The van der Waals surface area contributed by atoms with Crippen LogP contribution in [0.15, 0.2) is 151 Å². The Bertz CT molecular complexity index is 2790. The summed E-state index contributed by atoms with van der Waals surface area (Å²) < 4.78 is 1.29. The summed E-state index contributed by atoms with van der Waals surface area (Å²) in [4.78, 5) is 6.34. The minimum atomic E-state index is 0.0388. The molecule has 260 valence electrons. The number of thiophene rings is 1. The zero-order valence-electron chi connectivity index (χ0n) is 31.3. The van der Waals surface area contributed by atoms with Gasteiger partial charge in [0.1, 0.15) is 0 Å². The fraction of sp³-hybridized carbons (Fsp3) is 0.160. The summed E-state index contributed by atoms with van der Waals surface area (Å²) in [5.74, 6) is 0. The lowest BCUT2D eigenvalue weighted by molar-refractivity contribution is 0.590. The number of hydrogen-bond acceptors (Lipinski definition) is 2. The number of aromatic amines is 1. The fourth-order valence-electron chi connectivity index (χ4n) is 7.74. The molecule has 0 saturated carbocycles. The summed E-state index contributed by atoms with van der Waals surface area (Å²) in [5.41, 5.74) is 13.3. The largest absolute Gasteiger partial charge is 0.354 e. The Balaban J connectivity index is 1.31. The maximum Gasteiger partial charge on any atom is 0.0647 e. The van der Waals surface area contributed by atoms with Crippen molar-refractivity contribution in [1.82, 2.24) is 4.98 Å². The highest BCUT2D eigenvalue weighted by Crippen LogP contribution is 2.46. The molecule has 0 bridgehead atoms. The first-order valence-corrected chi connectivity index (χ1v) is 19.5. The molecule has 2 aromatic heterocycles. The Morgan fingerprint density at radius 2 is 1.17 bits per heavy atom. The molecule has 9 rings (SSSR count). The predicted octanol–water partition coefficient (Wildman–Crippen LogP) is 15.1. The number of rotatable bonds is 5. The number of nitrogens with one attached hydrogen (secondary N) is 1. The van der Waals surface area contributed by atoms with E-state index in [1.54, 1.807) is 0 Å². The number of H-pyrrole nitrogens is 1. The van der Waals surface area contributed by atoms with Crippen molar-refractivity contribution in [3.63, 3.8) is 0 Å². The molecule has 0 atom stereocenters.